The second kappa shape index (κ2) is 13.6. The van der Waals surface area contributed by atoms with Crippen LogP contribution in [0.5, 0.6) is 5.75 Å². The first-order valence-corrected chi connectivity index (χ1v) is 14.3. The van der Waals surface area contributed by atoms with E-state index in [0.717, 1.165) is 31.2 Å². The van der Waals surface area contributed by atoms with E-state index < -0.39 is 35.5 Å². The number of phenolic OH excluding ortho intramolecular Hbond substituents is 1. The van der Waals surface area contributed by atoms with E-state index in [1.165, 1.54) is 12.1 Å². The third-order valence-electron chi connectivity index (χ3n) is 8.03. The summed E-state index contributed by atoms with van der Waals surface area (Å²) < 4.78 is 10.7. The molecule has 0 unspecified atom stereocenters. The number of amides is 3. The normalized spacial score (nSPS) is 23.6. The molecule has 0 radical (unpaired) electrons. The van der Waals surface area contributed by atoms with Crippen LogP contribution in [0.25, 0.3) is 0 Å². The zero-order valence-corrected chi connectivity index (χ0v) is 23.4. The summed E-state index contributed by atoms with van der Waals surface area (Å²) in [6.07, 6.45) is 4.95. The van der Waals surface area contributed by atoms with Crippen LogP contribution in [0, 0.1) is 5.92 Å². The van der Waals surface area contributed by atoms with E-state index >= 15 is 0 Å². The maximum Gasteiger partial charge on any atom is 0.243 e. The standard InChI is InChI=1S/C29H42N4O7/c1-19(30-25(35)17-33-11-13-39-14-12-33)27(37)32-24(16-21-7-9-22(34)10-8-21)28(38)31-23(15-20-5-3-4-6-20)26(36)29(2)18-40-29/h7-10,19-20,23-24,34H,3-6,11-18H2,1-2H3,(H,30,35)(H,31,38)(H,32,37)/t19-,23-,24-,29+/m0/s1. The average molecular weight is 559 g/mol. The van der Waals surface area contributed by atoms with Gasteiger partial charge in [0.25, 0.3) is 0 Å². The van der Waals surface area contributed by atoms with Gasteiger partial charge in [0.15, 0.2) is 5.78 Å². The molecule has 1 aromatic carbocycles. The zero-order valence-electron chi connectivity index (χ0n) is 23.4. The van der Waals surface area contributed by atoms with Crippen LogP contribution in [-0.2, 0) is 35.1 Å². The van der Waals surface area contributed by atoms with Crippen molar-refractivity contribution in [1.82, 2.24) is 20.9 Å². The van der Waals surface area contributed by atoms with Crippen molar-refractivity contribution in [3.8, 4) is 5.75 Å². The van der Waals surface area contributed by atoms with Gasteiger partial charge in [-0.1, -0.05) is 37.8 Å². The predicted molar refractivity (Wildman–Crippen MR) is 146 cm³/mol. The van der Waals surface area contributed by atoms with Gasteiger partial charge in [0, 0.05) is 19.5 Å². The van der Waals surface area contributed by atoms with Gasteiger partial charge < -0.3 is 30.5 Å². The largest absolute Gasteiger partial charge is 0.508 e. The average Bonchev–Trinajstić information content (AvgIpc) is 3.47. The quantitative estimate of drug-likeness (QED) is 0.258. The molecule has 0 bridgehead atoms. The van der Waals surface area contributed by atoms with Gasteiger partial charge in [-0.15, -0.1) is 0 Å². The van der Waals surface area contributed by atoms with Gasteiger partial charge in [-0.05, 0) is 43.9 Å². The van der Waals surface area contributed by atoms with Crippen molar-refractivity contribution in [2.75, 3.05) is 39.5 Å². The molecule has 4 atom stereocenters. The van der Waals surface area contributed by atoms with Crippen molar-refractivity contribution >= 4 is 23.5 Å². The van der Waals surface area contributed by atoms with Gasteiger partial charge in [0.2, 0.25) is 17.7 Å². The molecule has 220 valence electrons. The van der Waals surface area contributed by atoms with E-state index in [2.05, 4.69) is 16.0 Å². The summed E-state index contributed by atoms with van der Waals surface area (Å²) in [5.41, 5.74) is -0.163. The van der Waals surface area contributed by atoms with E-state index in [1.807, 2.05) is 4.90 Å². The maximum atomic E-state index is 13.6. The third kappa shape index (κ3) is 8.49. The highest BCUT2D eigenvalue weighted by molar-refractivity contribution is 5.98. The first-order valence-electron chi connectivity index (χ1n) is 14.3. The Balaban J connectivity index is 1.42. The summed E-state index contributed by atoms with van der Waals surface area (Å²) in [4.78, 5) is 54.5. The van der Waals surface area contributed by atoms with Crippen LogP contribution in [0.1, 0.15) is 51.5 Å². The lowest BCUT2D eigenvalue weighted by atomic mass is 9.90. The smallest absolute Gasteiger partial charge is 0.243 e. The number of phenols is 1. The SMILES string of the molecule is C[C@H](NC(=O)CN1CCOCC1)C(=O)N[C@@H](Cc1ccc(O)cc1)C(=O)N[C@@H](CC1CCCC1)C(=O)[C@@]1(C)CO1. The molecule has 3 fully saturated rings. The van der Waals surface area contributed by atoms with Crippen molar-refractivity contribution in [3.05, 3.63) is 29.8 Å². The number of Topliss-reactive ketones (excluding diaryl/α,β-unsaturated/α-hetero) is 1. The molecule has 11 nitrogen and oxygen atoms in total. The molecule has 4 N–H and O–H groups in total. The number of ether oxygens (including phenoxy) is 2. The minimum absolute atomic E-state index is 0.0882. The van der Waals surface area contributed by atoms with Gasteiger partial charge >= 0.3 is 0 Å². The van der Waals surface area contributed by atoms with Crippen molar-refractivity contribution < 1.29 is 33.8 Å². The Morgan fingerprint density at radius 2 is 1.62 bits per heavy atom. The molecule has 0 spiro atoms. The van der Waals surface area contributed by atoms with E-state index in [4.69, 9.17) is 9.47 Å². The Labute approximate surface area is 235 Å². The fraction of sp³-hybridized carbons (Fsp3) is 0.655. The number of carbonyl (C=O) groups excluding carboxylic acids is 4. The summed E-state index contributed by atoms with van der Waals surface area (Å²) in [6, 6.07) is 3.79. The van der Waals surface area contributed by atoms with Gasteiger partial charge in [-0.2, -0.15) is 0 Å². The number of nitrogens with zero attached hydrogens (tertiary/aromatic N) is 1. The van der Waals surface area contributed by atoms with Crippen LogP contribution in [0.2, 0.25) is 0 Å². The molecule has 2 heterocycles. The zero-order chi connectivity index (χ0) is 28.7. The Morgan fingerprint density at radius 3 is 2.25 bits per heavy atom. The van der Waals surface area contributed by atoms with Crippen LogP contribution in [-0.4, -0.2) is 96.7 Å². The number of morpholine rings is 1. The van der Waals surface area contributed by atoms with Gasteiger partial charge in [-0.25, -0.2) is 0 Å². The molecule has 4 rings (SSSR count). The summed E-state index contributed by atoms with van der Waals surface area (Å²) in [7, 11) is 0. The molecular weight excluding hydrogens is 516 g/mol. The summed E-state index contributed by atoms with van der Waals surface area (Å²) >= 11 is 0. The van der Waals surface area contributed by atoms with Crippen LogP contribution in [0.3, 0.4) is 0 Å². The molecule has 2 aliphatic heterocycles. The number of carbonyl (C=O) groups is 4. The summed E-state index contributed by atoms with van der Waals surface area (Å²) in [5.74, 6) is -0.983. The molecule has 0 aromatic heterocycles. The second-order valence-corrected chi connectivity index (χ2v) is 11.4. The molecule has 1 saturated carbocycles. The predicted octanol–water partition coefficient (Wildman–Crippen LogP) is 0.680. The monoisotopic (exact) mass is 558 g/mol. The Kier molecular flexibility index (Phi) is 10.2. The van der Waals surface area contributed by atoms with Gasteiger partial charge in [-0.3, -0.25) is 24.1 Å². The van der Waals surface area contributed by atoms with Crippen LogP contribution in [0.4, 0.5) is 0 Å². The summed E-state index contributed by atoms with van der Waals surface area (Å²) in [6.45, 7) is 6.21. The Bertz CT molecular complexity index is 1050. The minimum atomic E-state index is -0.998. The molecule has 2 saturated heterocycles. The molecule has 3 amide bonds. The summed E-state index contributed by atoms with van der Waals surface area (Å²) in [5, 5.41) is 18.1. The first kappa shape index (κ1) is 30.0. The molecule has 3 aliphatic rings. The highest BCUT2D eigenvalue weighted by Crippen LogP contribution is 2.33. The second-order valence-electron chi connectivity index (χ2n) is 11.4. The fourth-order valence-electron chi connectivity index (χ4n) is 5.39. The Hall–Kier alpha value is -3.02. The maximum absolute atomic E-state index is 13.6. The third-order valence-corrected chi connectivity index (χ3v) is 8.03. The number of aromatic hydroxyl groups is 1. The molecule has 1 aromatic rings. The first-order chi connectivity index (χ1) is 19.1. The number of ketones is 1. The number of hydrogen-bond donors (Lipinski definition) is 4. The lowest BCUT2D eigenvalue weighted by molar-refractivity contribution is -0.134. The van der Waals surface area contributed by atoms with E-state index in [0.29, 0.717) is 45.2 Å². The number of benzene rings is 1. The molecule has 11 heteroatoms. The van der Waals surface area contributed by atoms with Crippen molar-refractivity contribution in [2.24, 2.45) is 5.92 Å². The van der Waals surface area contributed by atoms with Gasteiger partial charge in [0.05, 0.1) is 32.4 Å². The number of hydrogen-bond acceptors (Lipinski definition) is 8. The number of nitrogens with one attached hydrogen (secondary N) is 3. The van der Waals surface area contributed by atoms with Gasteiger partial charge in [0.1, 0.15) is 23.4 Å². The highest BCUT2D eigenvalue weighted by Gasteiger charge is 2.50. The topological polar surface area (TPSA) is 150 Å². The Morgan fingerprint density at radius 1 is 1.00 bits per heavy atom. The molecular formula is C29H42N4O7. The molecule has 1 aliphatic carbocycles. The lowest BCUT2D eigenvalue weighted by Gasteiger charge is -2.27. The van der Waals surface area contributed by atoms with Crippen LogP contribution in [0.15, 0.2) is 24.3 Å². The van der Waals surface area contributed by atoms with Crippen LogP contribution < -0.4 is 16.0 Å². The van der Waals surface area contributed by atoms with Crippen molar-refractivity contribution in [3.63, 3.8) is 0 Å². The highest BCUT2D eigenvalue weighted by atomic mass is 16.6. The fourth-order valence-corrected chi connectivity index (χ4v) is 5.39. The van der Waals surface area contributed by atoms with E-state index in [9.17, 15) is 24.3 Å². The van der Waals surface area contributed by atoms with E-state index in [-0.39, 0.29) is 30.4 Å². The number of rotatable bonds is 13. The van der Waals surface area contributed by atoms with Crippen molar-refractivity contribution in [1.29, 1.82) is 0 Å². The molecule has 40 heavy (non-hydrogen) atoms. The van der Waals surface area contributed by atoms with Crippen LogP contribution >= 0.6 is 0 Å². The van der Waals surface area contributed by atoms with E-state index in [1.54, 1.807) is 26.0 Å². The lowest BCUT2D eigenvalue weighted by Crippen LogP contribution is -2.57. The number of epoxide rings is 1. The minimum Gasteiger partial charge on any atom is -0.508 e. The van der Waals surface area contributed by atoms with Crippen molar-refractivity contribution in [2.45, 2.75) is 76.1 Å².